The summed E-state index contributed by atoms with van der Waals surface area (Å²) in [5.74, 6) is 1.30. The van der Waals surface area contributed by atoms with Crippen LogP contribution >= 0.6 is 0 Å². The van der Waals surface area contributed by atoms with E-state index in [1.54, 1.807) is 12.1 Å². The van der Waals surface area contributed by atoms with Crippen molar-refractivity contribution in [1.29, 1.82) is 0 Å². The molecule has 2 aliphatic heterocycles. The largest absolute Gasteiger partial charge is 0.399 e. The summed E-state index contributed by atoms with van der Waals surface area (Å²) < 4.78 is 0. The number of rotatable bonds is 3. The second-order valence-corrected chi connectivity index (χ2v) is 7.48. The first-order chi connectivity index (χ1) is 12.2. The number of likely N-dealkylation sites (tertiary alicyclic amines) is 2. The number of piperidine rings is 2. The lowest BCUT2D eigenvalue weighted by Crippen LogP contribution is -2.53. The molecule has 2 fully saturated rings. The lowest BCUT2D eigenvalue weighted by atomic mass is 9.84. The van der Waals surface area contributed by atoms with Gasteiger partial charge >= 0.3 is 0 Å². The molecule has 2 aliphatic rings. The Bertz CT molecular complexity index is 715. The molecule has 4 nitrogen and oxygen atoms in total. The van der Waals surface area contributed by atoms with E-state index < -0.39 is 0 Å². The molecule has 2 aromatic carbocycles. The van der Waals surface area contributed by atoms with Gasteiger partial charge < -0.3 is 10.6 Å². The third-order valence-electron chi connectivity index (χ3n) is 5.35. The number of hydrogen-bond acceptors (Lipinski definition) is 3. The Morgan fingerprint density at radius 3 is 2.20 bits per heavy atom. The monoisotopic (exact) mass is 335 g/mol. The van der Waals surface area contributed by atoms with E-state index in [1.807, 2.05) is 17.0 Å². The van der Waals surface area contributed by atoms with E-state index in [9.17, 15) is 4.79 Å². The zero-order chi connectivity index (χ0) is 17.2. The van der Waals surface area contributed by atoms with Crippen molar-refractivity contribution in [1.82, 2.24) is 9.80 Å². The molecule has 0 aromatic heterocycles. The highest BCUT2D eigenvalue weighted by Gasteiger charge is 2.36. The normalized spacial score (nSPS) is 23.4. The van der Waals surface area contributed by atoms with Crippen molar-refractivity contribution in [2.45, 2.75) is 13.0 Å². The summed E-state index contributed by atoms with van der Waals surface area (Å²) in [6.45, 7) is 4.91. The Morgan fingerprint density at radius 1 is 0.920 bits per heavy atom. The minimum Gasteiger partial charge on any atom is -0.399 e. The fraction of sp³-hybridized carbons (Fsp3) is 0.381. The van der Waals surface area contributed by atoms with Crippen LogP contribution in [0, 0.1) is 11.8 Å². The molecule has 2 saturated heterocycles. The molecule has 4 heteroatoms. The second-order valence-electron chi connectivity index (χ2n) is 7.48. The van der Waals surface area contributed by atoms with Gasteiger partial charge in [0.05, 0.1) is 0 Å². The summed E-state index contributed by atoms with van der Waals surface area (Å²) in [4.78, 5) is 17.4. The van der Waals surface area contributed by atoms with Crippen molar-refractivity contribution in [3.63, 3.8) is 0 Å². The van der Waals surface area contributed by atoms with Gasteiger partial charge in [-0.05, 0) is 48.1 Å². The van der Waals surface area contributed by atoms with Crippen LogP contribution in [0.3, 0.4) is 0 Å². The Balaban J connectivity index is 1.40. The molecule has 0 saturated carbocycles. The van der Waals surface area contributed by atoms with E-state index in [0.717, 1.165) is 38.3 Å². The Morgan fingerprint density at radius 2 is 1.56 bits per heavy atom. The van der Waals surface area contributed by atoms with E-state index in [-0.39, 0.29) is 5.91 Å². The van der Waals surface area contributed by atoms with Crippen molar-refractivity contribution in [2.24, 2.45) is 11.8 Å². The average molecular weight is 335 g/mol. The zero-order valence-corrected chi connectivity index (χ0v) is 14.5. The number of nitrogens with zero attached hydrogens (tertiary/aromatic N) is 2. The SMILES string of the molecule is Nc1ccc(C(=O)N2C[C@@H]3C[C@@H](CN(Cc4ccccc4)C3)C2)cc1. The van der Waals surface area contributed by atoms with Crippen LogP contribution in [0.5, 0.6) is 0 Å². The van der Waals surface area contributed by atoms with Gasteiger partial charge in [-0.25, -0.2) is 0 Å². The molecule has 2 bridgehead atoms. The second kappa shape index (κ2) is 6.89. The maximum atomic E-state index is 12.8. The van der Waals surface area contributed by atoms with E-state index >= 15 is 0 Å². The highest BCUT2D eigenvalue weighted by Crippen LogP contribution is 2.30. The molecule has 2 aromatic rings. The van der Waals surface area contributed by atoms with Crippen LogP contribution in [0.25, 0.3) is 0 Å². The number of carbonyl (C=O) groups excluding carboxylic acids is 1. The van der Waals surface area contributed by atoms with Gasteiger partial charge in [0, 0.05) is 44.0 Å². The predicted octanol–water partition coefficient (Wildman–Crippen LogP) is 2.86. The third kappa shape index (κ3) is 3.69. The van der Waals surface area contributed by atoms with Gasteiger partial charge in [-0.3, -0.25) is 9.69 Å². The quantitative estimate of drug-likeness (QED) is 0.878. The molecule has 0 spiro atoms. The summed E-state index contributed by atoms with van der Waals surface area (Å²) >= 11 is 0. The summed E-state index contributed by atoms with van der Waals surface area (Å²) in [5, 5.41) is 0. The molecule has 4 rings (SSSR count). The first-order valence-corrected chi connectivity index (χ1v) is 9.08. The number of benzene rings is 2. The Kier molecular flexibility index (Phi) is 4.45. The fourth-order valence-corrected chi connectivity index (χ4v) is 4.33. The highest BCUT2D eigenvalue weighted by atomic mass is 16.2. The zero-order valence-electron chi connectivity index (χ0n) is 14.5. The molecule has 130 valence electrons. The van der Waals surface area contributed by atoms with E-state index in [0.29, 0.717) is 17.5 Å². The number of carbonyl (C=O) groups is 1. The van der Waals surface area contributed by atoms with Crippen molar-refractivity contribution < 1.29 is 4.79 Å². The predicted molar refractivity (Wildman–Crippen MR) is 100 cm³/mol. The van der Waals surface area contributed by atoms with Crippen LogP contribution in [0.2, 0.25) is 0 Å². The first kappa shape index (κ1) is 16.2. The molecule has 0 radical (unpaired) electrons. The van der Waals surface area contributed by atoms with Gasteiger partial charge in [0.15, 0.2) is 0 Å². The van der Waals surface area contributed by atoms with Crippen LogP contribution in [0.4, 0.5) is 5.69 Å². The molecule has 25 heavy (non-hydrogen) atoms. The number of anilines is 1. The molecular weight excluding hydrogens is 310 g/mol. The minimum absolute atomic E-state index is 0.145. The third-order valence-corrected chi connectivity index (χ3v) is 5.35. The lowest BCUT2D eigenvalue weighted by molar-refractivity contribution is 0.0238. The van der Waals surface area contributed by atoms with E-state index in [4.69, 9.17) is 5.73 Å². The van der Waals surface area contributed by atoms with Crippen molar-refractivity contribution in [2.75, 3.05) is 31.9 Å². The molecule has 0 aliphatic carbocycles. The average Bonchev–Trinajstić information content (AvgIpc) is 2.62. The maximum Gasteiger partial charge on any atom is 0.253 e. The summed E-state index contributed by atoms with van der Waals surface area (Å²) in [6.07, 6.45) is 1.25. The van der Waals surface area contributed by atoms with Crippen LogP contribution in [-0.4, -0.2) is 41.9 Å². The van der Waals surface area contributed by atoms with Crippen LogP contribution < -0.4 is 5.73 Å². The van der Waals surface area contributed by atoms with Crippen molar-refractivity contribution in [3.8, 4) is 0 Å². The smallest absolute Gasteiger partial charge is 0.253 e. The van der Waals surface area contributed by atoms with Crippen LogP contribution in [0.1, 0.15) is 22.3 Å². The first-order valence-electron chi connectivity index (χ1n) is 9.08. The summed E-state index contributed by atoms with van der Waals surface area (Å²) in [5.41, 5.74) is 8.54. The molecule has 0 unspecified atom stereocenters. The molecule has 2 heterocycles. The van der Waals surface area contributed by atoms with E-state index in [2.05, 4.69) is 35.2 Å². The van der Waals surface area contributed by atoms with Gasteiger partial charge in [-0.2, -0.15) is 0 Å². The highest BCUT2D eigenvalue weighted by molar-refractivity contribution is 5.94. The summed E-state index contributed by atoms with van der Waals surface area (Å²) in [7, 11) is 0. The minimum atomic E-state index is 0.145. The topological polar surface area (TPSA) is 49.6 Å². The fourth-order valence-electron chi connectivity index (χ4n) is 4.33. The van der Waals surface area contributed by atoms with Gasteiger partial charge in [0.1, 0.15) is 0 Å². The Labute approximate surface area is 149 Å². The number of amides is 1. The van der Waals surface area contributed by atoms with Gasteiger partial charge in [-0.15, -0.1) is 0 Å². The maximum absolute atomic E-state index is 12.8. The van der Waals surface area contributed by atoms with Crippen LogP contribution in [-0.2, 0) is 6.54 Å². The Hall–Kier alpha value is -2.33. The number of hydrogen-bond donors (Lipinski definition) is 1. The van der Waals surface area contributed by atoms with Crippen molar-refractivity contribution >= 4 is 11.6 Å². The summed E-state index contributed by atoms with van der Waals surface area (Å²) in [6, 6.07) is 17.9. The standard InChI is InChI=1S/C21H25N3O/c22-20-8-6-19(7-9-20)21(25)24-14-17-10-18(15-24)13-23(12-17)11-16-4-2-1-3-5-16/h1-9,17-18H,10-15,22H2/t17-,18+. The molecule has 1 amide bonds. The van der Waals surface area contributed by atoms with Gasteiger partial charge in [-0.1, -0.05) is 30.3 Å². The van der Waals surface area contributed by atoms with Crippen LogP contribution in [0.15, 0.2) is 54.6 Å². The number of nitrogens with two attached hydrogens (primary N) is 1. The number of fused-ring (bicyclic) bond motifs is 2. The van der Waals surface area contributed by atoms with Gasteiger partial charge in [0.2, 0.25) is 0 Å². The van der Waals surface area contributed by atoms with E-state index in [1.165, 1.54) is 12.0 Å². The lowest BCUT2D eigenvalue weighted by Gasteiger charge is -2.46. The van der Waals surface area contributed by atoms with Gasteiger partial charge in [0.25, 0.3) is 5.91 Å². The van der Waals surface area contributed by atoms with Crippen molar-refractivity contribution in [3.05, 3.63) is 65.7 Å². The molecule has 2 N–H and O–H groups in total. The molecule has 2 atom stereocenters. The number of nitrogen functional groups attached to an aromatic ring is 1. The molecular formula is C21H25N3O.